The molecule has 12 nitrogen and oxygen atoms in total. The Hall–Kier alpha value is -4.32. The zero-order chi connectivity index (χ0) is 34.1. The Kier molecular flexibility index (Phi) is 9.66. The van der Waals surface area contributed by atoms with Crippen molar-refractivity contribution in [3.05, 3.63) is 63.6 Å². The quantitative estimate of drug-likeness (QED) is 0.409. The van der Waals surface area contributed by atoms with Crippen molar-refractivity contribution in [2.45, 2.75) is 82.9 Å². The molecule has 2 aromatic carbocycles. The Bertz CT molecular complexity index is 1750. The molecule has 0 spiro atoms. The fraction of sp³-hybridized carbons (Fsp3) is 0.568. The molecule has 1 aromatic heterocycles. The third-order valence-corrected chi connectivity index (χ3v) is 11.1. The molecule has 262 valence electrons. The van der Waals surface area contributed by atoms with Gasteiger partial charge in [0.15, 0.2) is 11.7 Å². The number of benzene rings is 2. The van der Waals surface area contributed by atoms with Crippen molar-refractivity contribution in [1.82, 2.24) is 24.2 Å². The van der Waals surface area contributed by atoms with Crippen LogP contribution in [0, 0.1) is 6.92 Å². The number of hydrogen-bond acceptors (Lipinski definition) is 7. The molecule has 12 heteroatoms. The summed E-state index contributed by atoms with van der Waals surface area (Å²) >= 11 is 0. The summed E-state index contributed by atoms with van der Waals surface area (Å²) in [5.41, 5.74) is 4.74. The first-order chi connectivity index (χ1) is 23.7. The van der Waals surface area contributed by atoms with E-state index in [1.165, 1.54) is 36.7 Å². The van der Waals surface area contributed by atoms with Gasteiger partial charge in [0.2, 0.25) is 0 Å². The predicted octanol–water partition coefficient (Wildman–Crippen LogP) is 4.52. The maximum absolute atomic E-state index is 14.1. The van der Waals surface area contributed by atoms with Gasteiger partial charge in [-0.2, -0.15) is 0 Å². The number of nitrogens with one attached hydrogen (secondary N) is 1. The molecular weight excluding hydrogens is 624 g/mol. The van der Waals surface area contributed by atoms with E-state index in [0.29, 0.717) is 62.7 Å². The Morgan fingerprint density at radius 3 is 2.39 bits per heavy atom. The molecule has 1 saturated carbocycles. The molecule has 0 bridgehead atoms. The second kappa shape index (κ2) is 14.3. The van der Waals surface area contributed by atoms with Gasteiger partial charge in [-0.25, -0.2) is 14.4 Å². The number of fused-ring (bicyclic) bond motifs is 2. The van der Waals surface area contributed by atoms with Gasteiger partial charge >= 0.3 is 17.9 Å². The lowest BCUT2D eigenvalue weighted by molar-refractivity contribution is -0.143. The highest BCUT2D eigenvalue weighted by molar-refractivity contribution is 5.91. The number of piperazine rings is 1. The lowest BCUT2D eigenvalue weighted by atomic mass is 9.94. The molecule has 4 heterocycles. The van der Waals surface area contributed by atoms with E-state index < -0.39 is 18.0 Å². The SMILES string of the molecule is Cc1cc(CC(OC(=O)N2CCC(N3CCc4ccccc4NC3=O)CC2)C(=O)N2CCN(C3CCCCC3)CC2)cc2oc(=O)n(C)c12. The first-order valence-electron chi connectivity index (χ1n) is 18.0. The van der Waals surface area contributed by atoms with Crippen LogP contribution in [0.15, 0.2) is 45.6 Å². The lowest BCUT2D eigenvalue weighted by Crippen LogP contribution is -2.55. The van der Waals surface area contributed by atoms with Crippen LogP contribution in [-0.2, 0) is 29.4 Å². The Morgan fingerprint density at radius 1 is 0.898 bits per heavy atom. The first kappa shape index (κ1) is 33.2. The molecule has 3 aromatic rings. The molecular formula is C37H48N6O6. The normalized spacial score (nSPS) is 20.5. The molecule has 0 radical (unpaired) electrons. The van der Waals surface area contributed by atoms with Crippen molar-refractivity contribution >= 4 is 34.8 Å². The molecule has 3 fully saturated rings. The molecule has 1 unspecified atom stereocenters. The monoisotopic (exact) mass is 672 g/mol. The molecule has 1 N–H and O–H groups in total. The lowest BCUT2D eigenvalue weighted by Gasteiger charge is -2.41. The van der Waals surface area contributed by atoms with Crippen LogP contribution < -0.4 is 11.1 Å². The zero-order valence-electron chi connectivity index (χ0n) is 28.7. The summed E-state index contributed by atoms with van der Waals surface area (Å²) in [6, 6.07) is 12.1. The van der Waals surface area contributed by atoms with Gasteiger partial charge in [0.1, 0.15) is 0 Å². The molecule has 3 aliphatic heterocycles. The maximum Gasteiger partial charge on any atom is 0.419 e. The van der Waals surface area contributed by atoms with Gasteiger partial charge in [-0.1, -0.05) is 43.5 Å². The number of carbonyl (C=O) groups is 3. The van der Waals surface area contributed by atoms with E-state index in [4.69, 9.17) is 9.15 Å². The van der Waals surface area contributed by atoms with Crippen LogP contribution in [0.2, 0.25) is 0 Å². The van der Waals surface area contributed by atoms with Crippen molar-refractivity contribution < 1.29 is 23.5 Å². The summed E-state index contributed by atoms with van der Waals surface area (Å²) in [5.74, 6) is -0.643. The van der Waals surface area contributed by atoms with Crippen LogP contribution in [-0.4, -0.2) is 106 Å². The van der Waals surface area contributed by atoms with Crippen LogP contribution in [0.3, 0.4) is 0 Å². The van der Waals surface area contributed by atoms with Gasteiger partial charge < -0.3 is 29.2 Å². The number of nitrogens with zero attached hydrogens (tertiary/aromatic N) is 5. The third-order valence-electron chi connectivity index (χ3n) is 11.1. The van der Waals surface area contributed by atoms with E-state index in [-0.39, 0.29) is 24.4 Å². The minimum Gasteiger partial charge on any atom is -0.436 e. The van der Waals surface area contributed by atoms with Gasteiger partial charge in [-0.3, -0.25) is 14.3 Å². The minimum atomic E-state index is -1.02. The second-order valence-corrected chi connectivity index (χ2v) is 14.2. The number of rotatable bonds is 6. The fourth-order valence-corrected chi connectivity index (χ4v) is 8.34. The molecule has 1 aliphatic carbocycles. The number of urea groups is 1. The molecule has 7 rings (SSSR count). The molecule has 4 aliphatic rings. The van der Waals surface area contributed by atoms with E-state index in [1.54, 1.807) is 18.0 Å². The number of amides is 4. The van der Waals surface area contributed by atoms with Gasteiger partial charge in [0.25, 0.3) is 5.91 Å². The summed E-state index contributed by atoms with van der Waals surface area (Å²) in [6.45, 7) is 6.22. The summed E-state index contributed by atoms with van der Waals surface area (Å²) in [6.07, 6.45) is 6.95. The molecule has 49 heavy (non-hydrogen) atoms. The number of aromatic nitrogens is 1. The topological polar surface area (TPSA) is 121 Å². The van der Waals surface area contributed by atoms with Gasteiger partial charge in [0.05, 0.1) is 5.52 Å². The largest absolute Gasteiger partial charge is 0.436 e. The van der Waals surface area contributed by atoms with E-state index in [2.05, 4.69) is 10.2 Å². The average molecular weight is 673 g/mol. The van der Waals surface area contributed by atoms with Crippen LogP contribution in [0.5, 0.6) is 0 Å². The highest BCUT2D eigenvalue weighted by Gasteiger charge is 2.36. The molecule has 4 amide bonds. The van der Waals surface area contributed by atoms with Crippen LogP contribution in [0.4, 0.5) is 15.3 Å². The average Bonchev–Trinajstić information content (AvgIpc) is 3.30. The molecule has 2 saturated heterocycles. The first-order valence-corrected chi connectivity index (χ1v) is 18.0. The van der Waals surface area contributed by atoms with E-state index in [1.807, 2.05) is 47.1 Å². The number of carbonyl (C=O) groups excluding carboxylic acids is 3. The summed E-state index contributed by atoms with van der Waals surface area (Å²) in [5, 5.41) is 3.05. The summed E-state index contributed by atoms with van der Waals surface area (Å²) in [7, 11) is 1.67. The number of ether oxygens (including phenoxy) is 1. The second-order valence-electron chi connectivity index (χ2n) is 14.2. The van der Waals surface area contributed by atoms with Gasteiger partial charge in [-0.05, 0) is 67.9 Å². The minimum absolute atomic E-state index is 0.00600. The highest BCUT2D eigenvalue weighted by atomic mass is 16.6. The third kappa shape index (κ3) is 7.06. The number of anilines is 1. The number of oxazole rings is 1. The van der Waals surface area contributed by atoms with Crippen molar-refractivity contribution in [2.75, 3.05) is 51.1 Å². The van der Waals surface area contributed by atoms with Crippen LogP contribution in [0.1, 0.15) is 61.6 Å². The van der Waals surface area contributed by atoms with Crippen molar-refractivity contribution in [3.63, 3.8) is 0 Å². The van der Waals surface area contributed by atoms with Crippen molar-refractivity contribution in [3.8, 4) is 0 Å². The van der Waals surface area contributed by atoms with Gasteiger partial charge in [0, 0.05) is 77.1 Å². The van der Waals surface area contributed by atoms with E-state index >= 15 is 0 Å². The number of aryl methyl sites for hydroxylation is 2. The highest BCUT2D eigenvalue weighted by Crippen LogP contribution is 2.27. The number of likely N-dealkylation sites (tertiary alicyclic amines) is 1. The maximum atomic E-state index is 14.1. The Morgan fingerprint density at radius 2 is 1.63 bits per heavy atom. The number of para-hydroxylation sites is 1. The van der Waals surface area contributed by atoms with Gasteiger partial charge in [-0.15, -0.1) is 0 Å². The van der Waals surface area contributed by atoms with Crippen LogP contribution in [0.25, 0.3) is 11.1 Å². The zero-order valence-corrected chi connectivity index (χ0v) is 28.7. The summed E-state index contributed by atoms with van der Waals surface area (Å²) < 4.78 is 13.0. The smallest absolute Gasteiger partial charge is 0.419 e. The molecule has 1 atom stereocenters. The number of piperidine rings is 1. The fourth-order valence-electron chi connectivity index (χ4n) is 8.34. The van der Waals surface area contributed by atoms with E-state index in [0.717, 1.165) is 41.9 Å². The van der Waals surface area contributed by atoms with Crippen LogP contribution >= 0.6 is 0 Å². The van der Waals surface area contributed by atoms with E-state index in [9.17, 15) is 19.2 Å². The number of hydrogen-bond donors (Lipinski definition) is 1. The van der Waals surface area contributed by atoms with Crippen molar-refractivity contribution in [2.24, 2.45) is 7.05 Å². The Labute approximate surface area is 286 Å². The van der Waals surface area contributed by atoms with Crippen molar-refractivity contribution in [1.29, 1.82) is 0 Å². The Balaban J connectivity index is 1.02. The standard InChI is InChI=1S/C37H48N6O6/c1-25-22-26(23-31-33(25)39(2)36(46)48-31)24-32(34(44)41-20-18-40(19-21-41)28-9-4-3-5-10-28)49-37(47)42-15-13-29(14-16-42)43-17-12-27-8-6-7-11-30(27)38-35(43)45/h6-8,11,22-23,28-29,32H,3-5,9-10,12-21,24H2,1-2H3,(H,38,45). The summed E-state index contributed by atoms with van der Waals surface area (Å²) in [4.78, 5) is 61.1. The predicted molar refractivity (Wildman–Crippen MR) is 186 cm³/mol.